The SMILES string of the molecule is COc1ccc(OC(=O)F)cc1. The van der Waals surface area contributed by atoms with Crippen LogP contribution in [0.3, 0.4) is 0 Å². The molecule has 0 saturated heterocycles. The summed E-state index contributed by atoms with van der Waals surface area (Å²) >= 11 is 0. The number of methoxy groups -OCH3 is 1. The number of ether oxygens (including phenoxy) is 2. The summed E-state index contributed by atoms with van der Waals surface area (Å²) in [5, 5.41) is 0. The number of hydrogen-bond acceptors (Lipinski definition) is 3. The van der Waals surface area contributed by atoms with Crippen LogP contribution < -0.4 is 9.47 Å². The molecule has 0 atom stereocenters. The smallest absolute Gasteiger partial charge is 0.497 e. The quantitative estimate of drug-likeness (QED) is 0.638. The van der Waals surface area contributed by atoms with E-state index in [1.165, 1.54) is 19.2 Å². The number of carbonyl (C=O) groups is 1. The number of carbonyl (C=O) groups excluding carboxylic acids is 1. The van der Waals surface area contributed by atoms with Crippen molar-refractivity contribution in [3.63, 3.8) is 0 Å². The lowest BCUT2D eigenvalue weighted by atomic mass is 10.3. The molecular formula is C8H7FO3. The van der Waals surface area contributed by atoms with Crippen molar-refractivity contribution in [1.29, 1.82) is 0 Å². The van der Waals surface area contributed by atoms with E-state index in [9.17, 15) is 9.18 Å². The zero-order chi connectivity index (χ0) is 8.97. The number of hydrogen-bond donors (Lipinski definition) is 0. The molecule has 0 unspecified atom stereocenters. The first-order valence-electron chi connectivity index (χ1n) is 3.24. The Morgan fingerprint density at radius 2 is 1.75 bits per heavy atom. The summed E-state index contributed by atoms with van der Waals surface area (Å²) in [6, 6.07) is 6.02. The fourth-order valence-corrected chi connectivity index (χ4v) is 0.736. The van der Waals surface area contributed by atoms with Gasteiger partial charge in [0.05, 0.1) is 7.11 Å². The molecule has 0 radical (unpaired) electrons. The lowest BCUT2D eigenvalue weighted by molar-refractivity contribution is 0.175. The molecule has 3 nitrogen and oxygen atoms in total. The van der Waals surface area contributed by atoms with Crippen LogP contribution in [0, 0.1) is 0 Å². The van der Waals surface area contributed by atoms with Gasteiger partial charge in [0.15, 0.2) is 0 Å². The second-order valence-corrected chi connectivity index (χ2v) is 2.02. The van der Waals surface area contributed by atoms with Gasteiger partial charge in [0.2, 0.25) is 0 Å². The summed E-state index contributed by atoms with van der Waals surface area (Å²) < 4.78 is 20.7. The molecule has 0 fully saturated rings. The van der Waals surface area contributed by atoms with Gasteiger partial charge < -0.3 is 9.47 Å². The van der Waals surface area contributed by atoms with E-state index in [1.54, 1.807) is 12.1 Å². The minimum Gasteiger partial charge on any atom is -0.497 e. The van der Waals surface area contributed by atoms with Crippen LogP contribution in [0.15, 0.2) is 24.3 Å². The highest BCUT2D eigenvalue weighted by atomic mass is 19.1. The van der Waals surface area contributed by atoms with Crippen LogP contribution in [0.2, 0.25) is 0 Å². The second kappa shape index (κ2) is 3.71. The van der Waals surface area contributed by atoms with E-state index in [0.717, 1.165) is 0 Å². The first kappa shape index (κ1) is 8.52. The van der Waals surface area contributed by atoms with Crippen molar-refractivity contribution in [2.75, 3.05) is 7.11 Å². The molecule has 0 aliphatic carbocycles. The Morgan fingerprint density at radius 1 is 1.25 bits per heavy atom. The minimum absolute atomic E-state index is 0.156. The van der Waals surface area contributed by atoms with E-state index >= 15 is 0 Å². The topological polar surface area (TPSA) is 35.5 Å². The molecule has 0 bridgehead atoms. The first-order chi connectivity index (χ1) is 5.72. The van der Waals surface area contributed by atoms with Crippen LogP contribution in [0.4, 0.5) is 9.18 Å². The Bertz CT molecular complexity index is 268. The zero-order valence-corrected chi connectivity index (χ0v) is 6.41. The third kappa shape index (κ3) is 2.23. The van der Waals surface area contributed by atoms with Gasteiger partial charge in [-0.2, -0.15) is 0 Å². The zero-order valence-electron chi connectivity index (χ0n) is 6.41. The molecule has 64 valence electrons. The number of benzene rings is 1. The van der Waals surface area contributed by atoms with Crippen LogP contribution in [-0.4, -0.2) is 13.3 Å². The lowest BCUT2D eigenvalue weighted by Gasteiger charge is -2.00. The highest BCUT2D eigenvalue weighted by Gasteiger charge is 2.00. The highest BCUT2D eigenvalue weighted by Crippen LogP contribution is 2.17. The van der Waals surface area contributed by atoms with Crippen LogP contribution in [0.5, 0.6) is 11.5 Å². The van der Waals surface area contributed by atoms with Gasteiger partial charge >= 0.3 is 6.22 Å². The van der Waals surface area contributed by atoms with Gasteiger partial charge in [-0.25, -0.2) is 4.79 Å². The molecule has 1 aromatic rings. The summed E-state index contributed by atoms with van der Waals surface area (Å²) in [4.78, 5) is 9.85. The molecule has 0 aliphatic heterocycles. The van der Waals surface area contributed by atoms with E-state index in [1.807, 2.05) is 0 Å². The maximum absolute atomic E-state index is 11.7. The molecule has 12 heavy (non-hydrogen) atoms. The van der Waals surface area contributed by atoms with Crippen molar-refractivity contribution in [2.45, 2.75) is 0 Å². The fourth-order valence-electron chi connectivity index (χ4n) is 0.736. The second-order valence-electron chi connectivity index (χ2n) is 2.02. The van der Waals surface area contributed by atoms with Crippen molar-refractivity contribution < 1.29 is 18.7 Å². The van der Waals surface area contributed by atoms with Gasteiger partial charge in [-0.15, -0.1) is 4.39 Å². The van der Waals surface area contributed by atoms with Crippen molar-refractivity contribution >= 4 is 6.22 Å². The molecule has 0 heterocycles. The third-order valence-electron chi connectivity index (χ3n) is 1.26. The Balaban J connectivity index is 2.71. The van der Waals surface area contributed by atoms with E-state index in [2.05, 4.69) is 4.74 Å². The van der Waals surface area contributed by atoms with Crippen molar-refractivity contribution in [1.82, 2.24) is 0 Å². The summed E-state index contributed by atoms with van der Waals surface area (Å²) in [7, 11) is 1.51. The summed E-state index contributed by atoms with van der Waals surface area (Å²) in [6.07, 6.45) is -1.82. The Kier molecular flexibility index (Phi) is 2.63. The maximum Gasteiger partial charge on any atom is 0.500 e. The predicted molar refractivity (Wildman–Crippen MR) is 40.1 cm³/mol. The molecule has 1 aromatic carbocycles. The molecular weight excluding hydrogens is 163 g/mol. The average molecular weight is 170 g/mol. The minimum atomic E-state index is -1.82. The van der Waals surface area contributed by atoms with Crippen LogP contribution in [-0.2, 0) is 0 Å². The van der Waals surface area contributed by atoms with E-state index in [4.69, 9.17) is 4.74 Å². The van der Waals surface area contributed by atoms with Gasteiger partial charge in [0, 0.05) is 0 Å². The standard InChI is InChI=1S/C8H7FO3/c1-11-6-2-4-7(5-3-6)12-8(9)10/h2-5H,1H3. The molecule has 4 heteroatoms. The van der Waals surface area contributed by atoms with Gasteiger partial charge in [0.1, 0.15) is 11.5 Å². The Morgan fingerprint density at radius 3 is 2.17 bits per heavy atom. The normalized spacial score (nSPS) is 9.17. The van der Waals surface area contributed by atoms with E-state index < -0.39 is 6.22 Å². The molecule has 0 aromatic heterocycles. The molecule has 0 saturated carbocycles. The van der Waals surface area contributed by atoms with Crippen LogP contribution in [0.1, 0.15) is 0 Å². The third-order valence-corrected chi connectivity index (χ3v) is 1.26. The monoisotopic (exact) mass is 170 g/mol. The van der Waals surface area contributed by atoms with Crippen LogP contribution in [0.25, 0.3) is 0 Å². The van der Waals surface area contributed by atoms with Gasteiger partial charge in [-0.1, -0.05) is 0 Å². The van der Waals surface area contributed by atoms with Crippen molar-refractivity contribution in [2.24, 2.45) is 0 Å². The van der Waals surface area contributed by atoms with Crippen molar-refractivity contribution in [3.8, 4) is 11.5 Å². The lowest BCUT2D eigenvalue weighted by Crippen LogP contribution is -1.96. The van der Waals surface area contributed by atoms with E-state index in [0.29, 0.717) is 5.75 Å². The predicted octanol–water partition coefficient (Wildman–Crippen LogP) is 2.16. The number of rotatable bonds is 2. The van der Waals surface area contributed by atoms with Crippen LogP contribution >= 0.6 is 0 Å². The fraction of sp³-hybridized carbons (Fsp3) is 0.125. The molecule has 0 N–H and O–H groups in total. The number of halogens is 1. The average Bonchev–Trinajstić information content (AvgIpc) is 2.05. The Labute approximate surface area is 68.7 Å². The largest absolute Gasteiger partial charge is 0.500 e. The molecule has 0 amide bonds. The summed E-state index contributed by atoms with van der Waals surface area (Å²) in [6.45, 7) is 0. The molecule has 1 rings (SSSR count). The van der Waals surface area contributed by atoms with Gasteiger partial charge in [0.25, 0.3) is 0 Å². The Hall–Kier alpha value is -1.58. The van der Waals surface area contributed by atoms with E-state index in [-0.39, 0.29) is 5.75 Å². The first-order valence-corrected chi connectivity index (χ1v) is 3.24. The van der Waals surface area contributed by atoms with Gasteiger partial charge in [-0.05, 0) is 24.3 Å². The van der Waals surface area contributed by atoms with Gasteiger partial charge in [-0.3, -0.25) is 0 Å². The summed E-state index contributed by atoms with van der Waals surface area (Å²) in [5.74, 6) is 0.775. The molecule has 0 aliphatic rings. The molecule has 0 spiro atoms. The summed E-state index contributed by atoms with van der Waals surface area (Å²) in [5.41, 5.74) is 0. The van der Waals surface area contributed by atoms with Crippen molar-refractivity contribution in [3.05, 3.63) is 24.3 Å². The maximum atomic E-state index is 11.7. The highest BCUT2D eigenvalue weighted by molar-refractivity contribution is 5.62.